The van der Waals surface area contributed by atoms with Crippen LogP contribution in [0.25, 0.3) is 0 Å². The Morgan fingerprint density at radius 3 is 2.00 bits per heavy atom. The number of aromatic nitrogens is 2. The van der Waals surface area contributed by atoms with Crippen LogP contribution in [0.1, 0.15) is 36.9 Å². The van der Waals surface area contributed by atoms with E-state index >= 15 is 0 Å². The second kappa shape index (κ2) is 15.6. The predicted molar refractivity (Wildman–Crippen MR) is 141 cm³/mol. The Labute approximate surface area is 233 Å². The number of nitrogens with one attached hydrogen (secondary N) is 4. The molecule has 0 bridgehead atoms. The maximum Gasteiger partial charge on any atom is 0.326 e. The first-order chi connectivity index (χ1) is 19.3. The molecule has 1 aromatic carbocycles. The predicted octanol–water partition coefficient (Wildman–Crippen LogP) is -2.10. The molecule has 1 aromatic heterocycles. The number of benzene rings is 1. The zero-order chi connectivity index (χ0) is 30.5. The number of carbonyl (C=O) groups is 6. The standard InChI is InChI=1S/C25H33N7O9/c26-16(5-7-20(27)34)22(37)30-17(6-8-21(35)36)23(38)31-18(10-14-11-28-12-29-14)24(39)32-19(25(40)41)9-13-1-3-15(33)4-2-13/h1-4,11-12,16-19,33H,5-10,26H2,(H2,27,34)(H,28,29)(H,30,37)(H,31,38)(H,32,39)(H,35,36)(H,40,41). The van der Waals surface area contributed by atoms with E-state index < -0.39 is 66.2 Å². The number of nitrogens with two attached hydrogens (primary N) is 2. The number of carboxylic acids is 2. The van der Waals surface area contributed by atoms with Crippen LogP contribution in [0, 0.1) is 0 Å². The normalized spacial score (nSPS) is 13.7. The van der Waals surface area contributed by atoms with Crippen LogP contribution in [0.3, 0.4) is 0 Å². The summed E-state index contributed by atoms with van der Waals surface area (Å²) in [6.07, 6.45) is 1.26. The third-order valence-electron chi connectivity index (χ3n) is 5.92. The number of carbonyl (C=O) groups excluding carboxylic acids is 4. The van der Waals surface area contributed by atoms with Crippen LogP contribution in [0.4, 0.5) is 0 Å². The second-order valence-electron chi connectivity index (χ2n) is 9.22. The molecule has 0 saturated heterocycles. The molecule has 16 heteroatoms. The molecule has 2 rings (SSSR count). The molecule has 0 radical (unpaired) electrons. The molecule has 16 nitrogen and oxygen atoms in total. The monoisotopic (exact) mass is 575 g/mol. The molecular formula is C25H33N7O9. The van der Waals surface area contributed by atoms with E-state index in [0.29, 0.717) is 11.3 Å². The number of nitrogens with zero attached hydrogens (tertiary/aromatic N) is 1. The molecule has 4 unspecified atom stereocenters. The van der Waals surface area contributed by atoms with Crippen molar-refractivity contribution in [2.24, 2.45) is 11.5 Å². The zero-order valence-electron chi connectivity index (χ0n) is 21.9. The first-order valence-corrected chi connectivity index (χ1v) is 12.5. The van der Waals surface area contributed by atoms with Gasteiger partial charge in [0.1, 0.15) is 23.9 Å². The van der Waals surface area contributed by atoms with E-state index in [1.807, 2.05) is 0 Å². The van der Waals surface area contributed by atoms with Gasteiger partial charge in [-0.1, -0.05) is 12.1 Å². The maximum atomic E-state index is 13.2. The highest BCUT2D eigenvalue weighted by molar-refractivity contribution is 5.94. The fourth-order valence-corrected chi connectivity index (χ4v) is 3.68. The first-order valence-electron chi connectivity index (χ1n) is 12.5. The van der Waals surface area contributed by atoms with Crippen LogP contribution < -0.4 is 27.4 Å². The van der Waals surface area contributed by atoms with Gasteiger partial charge in [-0.25, -0.2) is 9.78 Å². The Morgan fingerprint density at radius 1 is 0.829 bits per heavy atom. The summed E-state index contributed by atoms with van der Waals surface area (Å²) >= 11 is 0. The number of hydrogen-bond donors (Lipinski definition) is 9. The molecule has 1 heterocycles. The van der Waals surface area contributed by atoms with E-state index in [0.717, 1.165) is 0 Å². The van der Waals surface area contributed by atoms with Crippen LogP contribution in [-0.4, -0.2) is 85.0 Å². The number of H-pyrrole nitrogens is 1. The Kier molecular flexibility index (Phi) is 12.2. The number of primary amides is 1. The number of hydrogen-bond acceptors (Lipinski definition) is 9. The molecule has 2 aromatic rings. The minimum atomic E-state index is -1.43. The summed E-state index contributed by atoms with van der Waals surface area (Å²) < 4.78 is 0. The maximum absolute atomic E-state index is 13.2. The summed E-state index contributed by atoms with van der Waals surface area (Å²) in [5, 5.41) is 35.4. The summed E-state index contributed by atoms with van der Waals surface area (Å²) in [6.45, 7) is 0. The first kappa shape index (κ1) is 32.2. The van der Waals surface area contributed by atoms with Crippen LogP contribution in [0.15, 0.2) is 36.8 Å². The van der Waals surface area contributed by atoms with Crippen molar-refractivity contribution in [3.8, 4) is 5.75 Å². The highest BCUT2D eigenvalue weighted by Crippen LogP contribution is 2.12. The van der Waals surface area contributed by atoms with Crippen molar-refractivity contribution >= 4 is 35.6 Å². The van der Waals surface area contributed by atoms with E-state index in [4.69, 9.17) is 16.6 Å². The molecule has 222 valence electrons. The largest absolute Gasteiger partial charge is 0.508 e. The van der Waals surface area contributed by atoms with E-state index in [9.17, 15) is 39.0 Å². The van der Waals surface area contributed by atoms with Crippen LogP contribution in [0.5, 0.6) is 5.75 Å². The average Bonchev–Trinajstić information content (AvgIpc) is 3.42. The summed E-state index contributed by atoms with van der Waals surface area (Å²) in [4.78, 5) is 79.6. The lowest BCUT2D eigenvalue weighted by Crippen LogP contribution is -2.58. The molecule has 0 saturated carbocycles. The number of aromatic amines is 1. The Hall–Kier alpha value is -4.99. The summed E-state index contributed by atoms with van der Waals surface area (Å²) in [5.41, 5.74) is 11.7. The Balaban J connectivity index is 2.21. The smallest absolute Gasteiger partial charge is 0.326 e. The van der Waals surface area contributed by atoms with Gasteiger partial charge in [0.25, 0.3) is 0 Å². The number of phenols is 1. The van der Waals surface area contributed by atoms with Crippen LogP contribution in [0.2, 0.25) is 0 Å². The van der Waals surface area contributed by atoms with Gasteiger partial charge in [-0.2, -0.15) is 0 Å². The number of phenolic OH excluding ortho intramolecular Hbond substituents is 1. The number of imidazole rings is 1. The molecule has 0 spiro atoms. The fourth-order valence-electron chi connectivity index (χ4n) is 3.68. The van der Waals surface area contributed by atoms with Gasteiger partial charge >= 0.3 is 11.9 Å². The van der Waals surface area contributed by atoms with Gasteiger partial charge in [0.2, 0.25) is 23.6 Å². The van der Waals surface area contributed by atoms with Crippen molar-refractivity contribution in [2.45, 2.75) is 62.7 Å². The minimum absolute atomic E-state index is 0.0228. The molecule has 4 atom stereocenters. The lowest BCUT2D eigenvalue weighted by Gasteiger charge is -2.25. The summed E-state index contributed by atoms with van der Waals surface area (Å²) in [7, 11) is 0. The van der Waals surface area contributed by atoms with Crippen molar-refractivity contribution in [2.75, 3.05) is 0 Å². The van der Waals surface area contributed by atoms with Crippen molar-refractivity contribution in [3.05, 3.63) is 48.0 Å². The van der Waals surface area contributed by atoms with Crippen molar-refractivity contribution in [1.82, 2.24) is 25.9 Å². The Bertz CT molecular complexity index is 1220. The van der Waals surface area contributed by atoms with E-state index in [-0.39, 0.29) is 37.9 Å². The summed E-state index contributed by atoms with van der Waals surface area (Å²) in [5.74, 6) is -5.95. The third kappa shape index (κ3) is 11.3. The number of aromatic hydroxyl groups is 1. The highest BCUT2D eigenvalue weighted by atomic mass is 16.4. The van der Waals surface area contributed by atoms with E-state index in [1.54, 1.807) is 0 Å². The average molecular weight is 576 g/mol. The topological polar surface area (TPSA) is 280 Å². The lowest BCUT2D eigenvalue weighted by atomic mass is 10.0. The van der Waals surface area contributed by atoms with Gasteiger partial charge in [-0.3, -0.25) is 24.0 Å². The Morgan fingerprint density at radius 2 is 1.44 bits per heavy atom. The lowest BCUT2D eigenvalue weighted by molar-refractivity contribution is -0.142. The molecule has 0 aliphatic carbocycles. The highest BCUT2D eigenvalue weighted by Gasteiger charge is 2.31. The quantitative estimate of drug-likeness (QED) is 0.0984. The van der Waals surface area contributed by atoms with Gasteiger partial charge in [0.05, 0.1) is 12.4 Å². The number of rotatable bonds is 17. The van der Waals surface area contributed by atoms with Gasteiger partial charge < -0.3 is 47.7 Å². The molecule has 0 aliphatic heterocycles. The number of amides is 4. The van der Waals surface area contributed by atoms with E-state index in [1.165, 1.54) is 36.8 Å². The van der Waals surface area contributed by atoms with Gasteiger partial charge in [-0.15, -0.1) is 0 Å². The minimum Gasteiger partial charge on any atom is -0.508 e. The molecule has 0 fully saturated rings. The van der Waals surface area contributed by atoms with Crippen molar-refractivity contribution in [1.29, 1.82) is 0 Å². The molecule has 41 heavy (non-hydrogen) atoms. The van der Waals surface area contributed by atoms with Crippen molar-refractivity contribution < 1.29 is 44.1 Å². The fraction of sp³-hybridized carbons (Fsp3) is 0.400. The number of aliphatic carboxylic acids is 2. The van der Waals surface area contributed by atoms with Crippen LogP contribution >= 0.6 is 0 Å². The molecule has 4 amide bonds. The molecular weight excluding hydrogens is 542 g/mol. The number of carboxylic acid groups (broad SMARTS) is 2. The van der Waals surface area contributed by atoms with Gasteiger partial charge in [0.15, 0.2) is 0 Å². The SMILES string of the molecule is NC(=O)CCC(N)C(=O)NC(CCC(=O)O)C(=O)NC(Cc1cnc[nH]1)C(=O)NC(Cc1ccc(O)cc1)C(=O)O. The van der Waals surface area contributed by atoms with Gasteiger partial charge in [0, 0.05) is 37.6 Å². The molecule has 11 N–H and O–H groups in total. The zero-order valence-corrected chi connectivity index (χ0v) is 21.9. The van der Waals surface area contributed by atoms with Gasteiger partial charge in [-0.05, 0) is 30.5 Å². The third-order valence-corrected chi connectivity index (χ3v) is 5.92. The summed E-state index contributed by atoms with van der Waals surface area (Å²) in [6, 6.07) is 0.295. The van der Waals surface area contributed by atoms with Crippen molar-refractivity contribution in [3.63, 3.8) is 0 Å². The molecule has 0 aliphatic rings. The van der Waals surface area contributed by atoms with E-state index in [2.05, 4.69) is 25.9 Å². The second-order valence-corrected chi connectivity index (χ2v) is 9.22. The van der Waals surface area contributed by atoms with Crippen LogP contribution in [-0.2, 0) is 41.6 Å².